The molecule has 7 nitrogen and oxygen atoms in total. The van der Waals surface area contributed by atoms with Crippen molar-refractivity contribution in [1.29, 1.82) is 0 Å². The summed E-state index contributed by atoms with van der Waals surface area (Å²) in [5, 5.41) is 2.39. The smallest absolute Gasteiger partial charge is 0.271 e. The van der Waals surface area contributed by atoms with Gasteiger partial charge in [0.1, 0.15) is 0 Å². The van der Waals surface area contributed by atoms with Gasteiger partial charge < -0.3 is 0 Å². The van der Waals surface area contributed by atoms with Crippen LogP contribution >= 0.6 is 12.2 Å². The third-order valence-corrected chi connectivity index (χ3v) is 2.57. The molecule has 0 spiro atoms. The number of carbonyl (C=O) groups excluding carboxylic acids is 2. The topological polar surface area (TPSA) is 96.0 Å². The molecule has 2 aromatic rings. The Morgan fingerprint density at radius 2 is 1.48 bits per heavy atom. The van der Waals surface area contributed by atoms with Crippen LogP contribution < -0.4 is 16.2 Å². The van der Waals surface area contributed by atoms with E-state index in [9.17, 15) is 9.59 Å². The van der Waals surface area contributed by atoms with Crippen LogP contribution in [0.5, 0.6) is 0 Å². The van der Waals surface area contributed by atoms with Crippen LogP contribution in [0.15, 0.2) is 49.1 Å². The molecule has 0 fully saturated rings. The van der Waals surface area contributed by atoms with Gasteiger partial charge in [-0.15, -0.1) is 0 Å². The standard InChI is InChI=1S/C13H11N5O2S/c19-11(9-3-1-5-14-7-9)16-13(21)18-17-12(20)10-4-2-6-15-8-10/h1-8H,(H,17,20)(H2,16,18,19,21). The molecule has 0 aliphatic heterocycles. The lowest BCUT2D eigenvalue weighted by Crippen LogP contribution is -2.48. The summed E-state index contributed by atoms with van der Waals surface area (Å²) < 4.78 is 0. The first-order valence-electron chi connectivity index (χ1n) is 5.88. The molecule has 0 atom stereocenters. The largest absolute Gasteiger partial charge is 0.298 e. The average molecular weight is 301 g/mol. The normalized spacial score (nSPS) is 9.52. The fraction of sp³-hybridized carbons (Fsp3) is 0. The Labute approximate surface area is 125 Å². The minimum atomic E-state index is -0.420. The first kappa shape index (κ1) is 14.5. The van der Waals surface area contributed by atoms with Gasteiger partial charge in [0, 0.05) is 24.8 Å². The summed E-state index contributed by atoms with van der Waals surface area (Å²) in [5.41, 5.74) is 5.52. The molecule has 0 aliphatic rings. The highest BCUT2D eigenvalue weighted by Gasteiger charge is 2.09. The zero-order valence-electron chi connectivity index (χ0n) is 10.7. The third-order valence-electron chi connectivity index (χ3n) is 2.36. The van der Waals surface area contributed by atoms with Crippen molar-refractivity contribution in [3.8, 4) is 0 Å². The minimum absolute atomic E-state index is 0.0268. The molecule has 2 aromatic heterocycles. The van der Waals surface area contributed by atoms with Crippen LogP contribution in [-0.4, -0.2) is 26.9 Å². The molecule has 106 valence electrons. The van der Waals surface area contributed by atoms with Crippen LogP contribution in [0.1, 0.15) is 20.7 Å². The fourth-order valence-corrected chi connectivity index (χ4v) is 1.53. The minimum Gasteiger partial charge on any atom is -0.298 e. The van der Waals surface area contributed by atoms with Crippen LogP contribution in [0.2, 0.25) is 0 Å². The molecule has 2 rings (SSSR count). The second-order valence-corrected chi connectivity index (χ2v) is 4.25. The van der Waals surface area contributed by atoms with Gasteiger partial charge in [0.15, 0.2) is 5.11 Å². The number of thiocarbonyl (C=S) groups is 1. The van der Waals surface area contributed by atoms with Crippen molar-refractivity contribution in [2.45, 2.75) is 0 Å². The van der Waals surface area contributed by atoms with E-state index in [0.717, 1.165) is 0 Å². The second kappa shape index (κ2) is 7.06. The van der Waals surface area contributed by atoms with Gasteiger partial charge in [-0.1, -0.05) is 0 Å². The molecular weight excluding hydrogens is 290 g/mol. The predicted octanol–water partition coefficient (Wildman–Crippen LogP) is 0.426. The van der Waals surface area contributed by atoms with E-state index >= 15 is 0 Å². The van der Waals surface area contributed by atoms with Crippen molar-refractivity contribution in [1.82, 2.24) is 26.1 Å². The fourth-order valence-electron chi connectivity index (χ4n) is 1.39. The summed E-state index contributed by atoms with van der Waals surface area (Å²) in [4.78, 5) is 31.1. The van der Waals surface area contributed by atoms with Gasteiger partial charge in [-0.2, -0.15) is 0 Å². The first-order chi connectivity index (χ1) is 10.2. The number of rotatable bonds is 2. The number of hydrazine groups is 1. The summed E-state index contributed by atoms with van der Waals surface area (Å²) in [5.74, 6) is -0.836. The van der Waals surface area contributed by atoms with Crippen LogP contribution in [0.4, 0.5) is 0 Å². The Hall–Kier alpha value is -2.87. The van der Waals surface area contributed by atoms with E-state index < -0.39 is 11.8 Å². The van der Waals surface area contributed by atoms with E-state index in [-0.39, 0.29) is 5.11 Å². The molecule has 0 saturated carbocycles. The molecule has 0 saturated heterocycles. The lowest BCUT2D eigenvalue weighted by atomic mass is 10.3. The molecule has 0 radical (unpaired) electrons. The van der Waals surface area contributed by atoms with Crippen LogP contribution in [0, 0.1) is 0 Å². The monoisotopic (exact) mass is 301 g/mol. The number of pyridine rings is 2. The molecule has 21 heavy (non-hydrogen) atoms. The Kier molecular flexibility index (Phi) is 4.89. The zero-order chi connectivity index (χ0) is 15.1. The van der Waals surface area contributed by atoms with Crippen molar-refractivity contribution in [2.75, 3.05) is 0 Å². The van der Waals surface area contributed by atoms with Crippen LogP contribution in [-0.2, 0) is 0 Å². The second-order valence-electron chi connectivity index (χ2n) is 3.85. The van der Waals surface area contributed by atoms with Crippen molar-refractivity contribution in [3.05, 3.63) is 60.2 Å². The van der Waals surface area contributed by atoms with Crippen molar-refractivity contribution < 1.29 is 9.59 Å². The highest BCUT2D eigenvalue weighted by Crippen LogP contribution is 1.95. The quantitative estimate of drug-likeness (QED) is 0.550. The number of carbonyl (C=O) groups is 2. The summed E-state index contributed by atoms with van der Waals surface area (Å²) in [6.07, 6.45) is 5.94. The lowest BCUT2D eigenvalue weighted by Gasteiger charge is -2.10. The third kappa shape index (κ3) is 4.32. The van der Waals surface area contributed by atoms with Gasteiger partial charge in [0.25, 0.3) is 11.8 Å². The summed E-state index contributed by atoms with van der Waals surface area (Å²) >= 11 is 4.90. The number of nitrogens with one attached hydrogen (secondary N) is 3. The lowest BCUT2D eigenvalue weighted by molar-refractivity contribution is 0.0934. The number of hydrogen-bond donors (Lipinski definition) is 3. The Morgan fingerprint density at radius 1 is 0.905 bits per heavy atom. The van der Waals surface area contributed by atoms with Gasteiger partial charge in [0.2, 0.25) is 0 Å². The van der Waals surface area contributed by atoms with E-state index in [1.54, 1.807) is 36.7 Å². The molecule has 0 unspecified atom stereocenters. The molecule has 3 N–H and O–H groups in total. The predicted molar refractivity (Wildman–Crippen MR) is 79.1 cm³/mol. The van der Waals surface area contributed by atoms with Crippen LogP contribution in [0.25, 0.3) is 0 Å². The van der Waals surface area contributed by atoms with Gasteiger partial charge in [-0.3, -0.25) is 35.7 Å². The number of amides is 2. The number of hydrogen-bond acceptors (Lipinski definition) is 5. The SMILES string of the molecule is O=C(NNC(=S)NC(=O)c1cccnc1)c1cccnc1. The number of nitrogens with zero attached hydrogens (tertiary/aromatic N) is 2. The van der Waals surface area contributed by atoms with Gasteiger partial charge in [-0.05, 0) is 36.5 Å². The first-order valence-corrected chi connectivity index (χ1v) is 6.29. The van der Waals surface area contributed by atoms with E-state index in [4.69, 9.17) is 12.2 Å². The van der Waals surface area contributed by atoms with E-state index in [0.29, 0.717) is 11.1 Å². The van der Waals surface area contributed by atoms with Crippen molar-refractivity contribution in [2.24, 2.45) is 0 Å². The maximum absolute atomic E-state index is 11.8. The summed E-state index contributed by atoms with van der Waals surface area (Å²) in [6, 6.07) is 6.47. The maximum atomic E-state index is 11.8. The highest BCUT2D eigenvalue weighted by atomic mass is 32.1. The molecule has 2 amide bonds. The van der Waals surface area contributed by atoms with E-state index in [2.05, 4.69) is 26.1 Å². The highest BCUT2D eigenvalue weighted by molar-refractivity contribution is 7.80. The molecular formula is C13H11N5O2S. The van der Waals surface area contributed by atoms with Crippen LogP contribution in [0.3, 0.4) is 0 Å². The van der Waals surface area contributed by atoms with Crippen molar-refractivity contribution in [3.63, 3.8) is 0 Å². The van der Waals surface area contributed by atoms with Gasteiger partial charge >= 0.3 is 0 Å². The molecule has 2 heterocycles. The van der Waals surface area contributed by atoms with E-state index in [1.165, 1.54) is 12.4 Å². The molecule has 8 heteroatoms. The summed E-state index contributed by atoms with van der Waals surface area (Å²) in [6.45, 7) is 0. The maximum Gasteiger partial charge on any atom is 0.271 e. The summed E-state index contributed by atoms with van der Waals surface area (Å²) in [7, 11) is 0. The Bertz CT molecular complexity index is 648. The average Bonchev–Trinajstić information content (AvgIpc) is 2.54. The number of aromatic nitrogens is 2. The van der Waals surface area contributed by atoms with Gasteiger partial charge in [-0.25, -0.2) is 0 Å². The Morgan fingerprint density at radius 3 is 2.00 bits per heavy atom. The van der Waals surface area contributed by atoms with E-state index in [1.807, 2.05) is 0 Å². The Balaban J connectivity index is 1.83. The van der Waals surface area contributed by atoms with Crippen molar-refractivity contribution >= 4 is 29.1 Å². The molecule has 0 bridgehead atoms. The molecule has 0 aliphatic carbocycles. The molecule has 0 aromatic carbocycles. The zero-order valence-corrected chi connectivity index (χ0v) is 11.6. The van der Waals surface area contributed by atoms with Gasteiger partial charge in [0.05, 0.1) is 11.1 Å².